The molecular weight excluding hydrogens is 440 g/mol. The third-order valence-electron chi connectivity index (χ3n) is 7.26. The van der Waals surface area contributed by atoms with Crippen LogP contribution in [-0.4, -0.2) is 74.0 Å². The SMILES string of the molecule is C=C(NC[C@H](O)CN1CCc2ccccc2C1)c1cn2cc(C3CCN(C(C)=O)CC3)ncc2n1. The van der Waals surface area contributed by atoms with Gasteiger partial charge in [0.2, 0.25) is 5.91 Å². The van der Waals surface area contributed by atoms with Crippen LogP contribution in [0.1, 0.15) is 48.2 Å². The minimum Gasteiger partial charge on any atom is -0.390 e. The number of hydrogen-bond donors (Lipinski definition) is 2. The number of carbonyl (C=O) groups is 1. The highest BCUT2D eigenvalue weighted by Crippen LogP contribution is 2.27. The predicted molar refractivity (Wildman–Crippen MR) is 136 cm³/mol. The molecule has 1 fully saturated rings. The van der Waals surface area contributed by atoms with Crippen molar-refractivity contribution in [2.45, 2.75) is 44.8 Å². The number of carbonyl (C=O) groups excluding carboxylic acids is 1. The molecule has 3 aromatic rings. The maximum absolute atomic E-state index is 11.6. The number of aromatic nitrogens is 3. The summed E-state index contributed by atoms with van der Waals surface area (Å²) in [6.45, 7) is 10.2. The van der Waals surface area contributed by atoms with Crippen LogP contribution in [0.25, 0.3) is 11.3 Å². The van der Waals surface area contributed by atoms with Gasteiger partial charge < -0.3 is 19.7 Å². The van der Waals surface area contributed by atoms with Gasteiger partial charge in [-0.1, -0.05) is 30.8 Å². The van der Waals surface area contributed by atoms with Gasteiger partial charge in [0, 0.05) is 64.5 Å². The van der Waals surface area contributed by atoms with Crippen LogP contribution in [0.4, 0.5) is 0 Å². The molecule has 2 aliphatic rings. The third kappa shape index (κ3) is 5.39. The fourth-order valence-corrected chi connectivity index (χ4v) is 5.17. The summed E-state index contributed by atoms with van der Waals surface area (Å²) in [5.74, 6) is 0.489. The van der Waals surface area contributed by atoms with E-state index in [2.05, 4.69) is 51.0 Å². The number of fused-ring (bicyclic) bond motifs is 2. The van der Waals surface area contributed by atoms with Gasteiger partial charge in [0.05, 0.1) is 23.7 Å². The first kappa shape index (κ1) is 23.5. The number of nitrogens with one attached hydrogen (secondary N) is 1. The number of likely N-dealkylation sites (tertiary alicyclic amines) is 1. The van der Waals surface area contributed by atoms with Gasteiger partial charge in [0.15, 0.2) is 5.65 Å². The molecule has 8 nitrogen and oxygen atoms in total. The summed E-state index contributed by atoms with van der Waals surface area (Å²) in [6, 6.07) is 8.54. The molecule has 2 N–H and O–H groups in total. The second-order valence-electron chi connectivity index (χ2n) is 9.75. The van der Waals surface area contributed by atoms with E-state index in [1.54, 1.807) is 13.1 Å². The number of benzene rings is 1. The number of hydrogen-bond acceptors (Lipinski definition) is 6. The highest BCUT2D eigenvalue weighted by molar-refractivity contribution is 5.73. The summed E-state index contributed by atoms with van der Waals surface area (Å²) in [4.78, 5) is 25.1. The highest BCUT2D eigenvalue weighted by Gasteiger charge is 2.23. The number of imidazole rings is 1. The lowest BCUT2D eigenvalue weighted by Gasteiger charge is -2.30. The van der Waals surface area contributed by atoms with Crippen molar-refractivity contribution in [1.82, 2.24) is 29.5 Å². The molecule has 0 radical (unpaired) electrons. The topological polar surface area (TPSA) is 86.0 Å². The van der Waals surface area contributed by atoms with Crippen molar-refractivity contribution in [2.75, 3.05) is 32.7 Å². The van der Waals surface area contributed by atoms with Crippen molar-refractivity contribution in [3.05, 3.63) is 71.9 Å². The number of piperidine rings is 1. The van der Waals surface area contributed by atoms with Crippen molar-refractivity contribution in [3.63, 3.8) is 0 Å². The van der Waals surface area contributed by atoms with Crippen LogP contribution < -0.4 is 5.32 Å². The van der Waals surface area contributed by atoms with E-state index < -0.39 is 6.10 Å². The first-order chi connectivity index (χ1) is 17.0. The largest absolute Gasteiger partial charge is 0.390 e. The van der Waals surface area contributed by atoms with Crippen LogP contribution in [0.5, 0.6) is 0 Å². The lowest BCUT2D eigenvalue weighted by Crippen LogP contribution is -2.40. The average molecular weight is 475 g/mol. The van der Waals surface area contributed by atoms with Crippen molar-refractivity contribution < 1.29 is 9.90 Å². The Morgan fingerprint density at radius 2 is 1.97 bits per heavy atom. The number of β-amino-alcohol motifs (C(OH)–C–C–N with tert-alkyl or cyclic N) is 1. The smallest absolute Gasteiger partial charge is 0.219 e. The molecule has 0 bridgehead atoms. The van der Waals surface area contributed by atoms with Crippen LogP contribution in [0.2, 0.25) is 0 Å². The van der Waals surface area contributed by atoms with Gasteiger partial charge >= 0.3 is 0 Å². The van der Waals surface area contributed by atoms with Gasteiger partial charge in [-0.15, -0.1) is 0 Å². The Balaban J connectivity index is 1.15. The van der Waals surface area contributed by atoms with E-state index in [4.69, 9.17) is 0 Å². The monoisotopic (exact) mass is 474 g/mol. The Bertz CT molecular complexity index is 1210. The molecular formula is C27H34N6O2. The van der Waals surface area contributed by atoms with Crippen molar-refractivity contribution in [1.29, 1.82) is 0 Å². The molecule has 4 heterocycles. The van der Waals surface area contributed by atoms with Crippen LogP contribution in [-0.2, 0) is 17.8 Å². The summed E-state index contributed by atoms with van der Waals surface area (Å²) in [5.41, 5.74) is 5.99. The molecule has 0 unspecified atom stereocenters. The second kappa shape index (κ2) is 10.2. The molecule has 0 saturated carbocycles. The Morgan fingerprint density at radius 3 is 2.74 bits per heavy atom. The standard InChI is InChI=1S/C27H34N6O2/c1-19(28-13-24(35)16-31-10-7-21-5-3-4-6-23(21)15-31)25-17-33-18-26(29-14-27(33)30-25)22-8-11-32(12-9-22)20(2)34/h3-6,14,17-18,22,24,28,35H,1,7-13,15-16H2,2H3/t24-/m0/s1. The van der Waals surface area contributed by atoms with Crippen LogP contribution in [0.3, 0.4) is 0 Å². The molecule has 8 heteroatoms. The highest BCUT2D eigenvalue weighted by atomic mass is 16.3. The first-order valence-corrected chi connectivity index (χ1v) is 12.5. The molecule has 1 aromatic carbocycles. The van der Waals surface area contributed by atoms with E-state index in [9.17, 15) is 9.90 Å². The zero-order valence-electron chi connectivity index (χ0n) is 20.4. The Labute approximate surface area is 206 Å². The Morgan fingerprint density at radius 1 is 1.20 bits per heavy atom. The molecule has 1 amide bonds. The summed E-state index contributed by atoms with van der Waals surface area (Å²) in [5, 5.41) is 13.9. The number of amides is 1. The van der Waals surface area contributed by atoms with Gasteiger partial charge in [0.25, 0.3) is 0 Å². The summed E-state index contributed by atoms with van der Waals surface area (Å²) >= 11 is 0. The zero-order valence-corrected chi connectivity index (χ0v) is 20.4. The van der Waals surface area contributed by atoms with Gasteiger partial charge in [-0.3, -0.25) is 14.7 Å². The maximum atomic E-state index is 11.6. The van der Waals surface area contributed by atoms with Gasteiger partial charge in [0.1, 0.15) is 5.69 Å². The Kier molecular flexibility index (Phi) is 6.83. The third-order valence-corrected chi connectivity index (χ3v) is 7.26. The first-order valence-electron chi connectivity index (χ1n) is 12.5. The average Bonchev–Trinajstić information content (AvgIpc) is 3.31. The van der Waals surface area contributed by atoms with E-state index in [0.717, 1.165) is 62.5 Å². The number of nitrogens with zero attached hydrogens (tertiary/aromatic N) is 5. The van der Waals surface area contributed by atoms with Gasteiger partial charge in [-0.05, 0) is 30.4 Å². The van der Waals surface area contributed by atoms with E-state index in [-0.39, 0.29) is 5.91 Å². The summed E-state index contributed by atoms with van der Waals surface area (Å²) in [7, 11) is 0. The molecule has 5 rings (SSSR count). The van der Waals surface area contributed by atoms with E-state index in [0.29, 0.717) is 24.7 Å². The van der Waals surface area contributed by atoms with E-state index in [1.165, 1.54) is 11.1 Å². The normalized spacial score (nSPS) is 17.8. The molecule has 2 aliphatic heterocycles. The molecule has 1 saturated heterocycles. The molecule has 2 aromatic heterocycles. The van der Waals surface area contributed by atoms with Crippen molar-refractivity contribution >= 4 is 17.3 Å². The maximum Gasteiger partial charge on any atom is 0.219 e. The van der Waals surface area contributed by atoms with Crippen LogP contribution >= 0.6 is 0 Å². The fraction of sp³-hybridized carbons (Fsp3) is 0.444. The molecule has 184 valence electrons. The van der Waals surface area contributed by atoms with Gasteiger partial charge in [-0.25, -0.2) is 4.98 Å². The van der Waals surface area contributed by atoms with Crippen LogP contribution in [0.15, 0.2) is 49.4 Å². The number of rotatable bonds is 7. The predicted octanol–water partition coefficient (Wildman–Crippen LogP) is 2.43. The van der Waals surface area contributed by atoms with Crippen LogP contribution in [0, 0.1) is 0 Å². The second-order valence-corrected chi connectivity index (χ2v) is 9.75. The number of aliphatic hydroxyl groups is 1. The fourth-order valence-electron chi connectivity index (χ4n) is 5.17. The Hall–Kier alpha value is -3.23. The summed E-state index contributed by atoms with van der Waals surface area (Å²) in [6.07, 6.45) is 8.17. The van der Waals surface area contributed by atoms with E-state index >= 15 is 0 Å². The lowest BCUT2D eigenvalue weighted by molar-refractivity contribution is -0.129. The molecule has 1 atom stereocenters. The lowest BCUT2D eigenvalue weighted by atomic mass is 9.94. The minimum atomic E-state index is -0.497. The number of aliphatic hydroxyl groups excluding tert-OH is 1. The molecule has 0 spiro atoms. The van der Waals surface area contributed by atoms with E-state index in [1.807, 2.05) is 21.7 Å². The molecule has 35 heavy (non-hydrogen) atoms. The van der Waals surface area contributed by atoms with Crippen molar-refractivity contribution in [3.8, 4) is 0 Å². The quantitative estimate of drug-likeness (QED) is 0.547. The minimum absolute atomic E-state index is 0.142. The van der Waals surface area contributed by atoms with Crippen molar-refractivity contribution in [2.24, 2.45) is 0 Å². The zero-order chi connectivity index (χ0) is 24.4. The van der Waals surface area contributed by atoms with Gasteiger partial charge in [-0.2, -0.15) is 0 Å². The summed E-state index contributed by atoms with van der Waals surface area (Å²) < 4.78 is 1.99. The molecule has 0 aliphatic carbocycles.